The van der Waals surface area contributed by atoms with Crippen LogP contribution in [0.15, 0.2) is 22.7 Å². The van der Waals surface area contributed by atoms with Crippen molar-refractivity contribution in [1.29, 1.82) is 0 Å². The van der Waals surface area contributed by atoms with Crippen LogP contribution in [0.25, 0.3) is 0 Å². The van der Waals surface area contributed by atoms with E-state index in [0.717, 1.165) is 12.8 Å². The first-order valence-corrected chi connectivity index (χ1v) is 7.32. The summed E-state index contributed by atoms with van der Waals surface area (Å²) in [6, 6.07) is 6.95. The molecule has 0 radical (unpaired) electrons. The Hall–Kier alpha value is -0.380. The van der Waals surface area contributed by atoms with Gasteiger partial charge in [0.2, 0.25) is 0 Å². The summed E-state index contributed by atoms with van der Waals surface area (Å²) in [5, 5.41) is 0. The lowest BCUT2D eigenvalue weighted by atomic mass is 10.1. The number of benzene rings is 1. The molecule has 0 amide bonds. The number of nitrogens with one attached hydrogen (secondary N) is 1. The molecule has 3 rings (SSSR count). The molecule has 0 aliphatic heterocycles. The molecule has 1 N–H and O–H groups in total. The molecule has 0 bridgehead atoms. The van der Waals surface area contributed by atoms with Crippen molar-refractivity contribution in [3.05, 3.63) is 33.8 Å². The highest BCUT2D eigenvalue weighted by atomic mass is 79.9. The highest BCUT2D eigenvalue weighted by Crippen LogP contribution is 2.33. The van der Waals surface area contributed by atoms with Gasteiger partial charge in [0, 0.05) is 4.47 Å². The molecule has 1 aromatic carbocycles. The Kier molecular flexibility index (Phi) is 3.50. The van der Waals surface area contributed by atoms with Crippen LogP contribution >= 0.6 is 15.9 Å². The minimum atomic E-state index is 0.388. The molecule has 1 fully saturated rings. The Labute approximate surface area is 111 Å². The summed E-state index contributed by atoms with van der Waals surface area (Å²) in [5.74, 6) is 0. The van der Waals surface area contributed by atoms with Crippen molar-refractivity contribution < 1.29 is 4.84 Å². The Morgan fingerprint density at radius 3 is 2.82 bits per heavy atom. The van der Waals surface area contributed by atoms with E-state index in [0.29, 0.717) is 12.1 Å². The van der Waals surface area contributed by atoms with Gasteiger partial charge in [-0.2, -0.15) is 5.48 Å². The molecule has 2 nitrogen and oxygen atoms in total. The van der Waals surface area contributed by atoms with Crippen LogP contribution in [0.1, 0.15) is 49.3 Å². The third kappa shape index (κ3) is 2.56. The van der Waals surface area contributed by atoms with E-state index < -0.39 is 0 Å². The van der Waals surface area contributed by atoms with Crippen molar-refractivity contribution >= 4 is 15.9 Å². The minimum Gasteiger partial charge on any atom is -0.298 e. The lowest BCUT2D eigenvalue weighted by molar-refractivity contribution is -0.0405. The largest absolute Gasteiger partial charge is 0.298 e. The summed E-state index contributed by atoms with van der Waals surface area (Å²) in [6.45, 7) is 0. The summed E-state index contributed by atoms with van der Waals surface area (Å²) in [6.07, 6.45) is 7.81. The van der Waals surface area contributed by atoms with E-state index in [9.17, 15) is 0 Å². The number of hydrogen-bond donors (Lipinski definition) is 1. The lowest BCUT2D eigenvalue weighted by Crippen LogP contribution is -2.25. The van der Waals surface area contributed by atoms with Gasteiger partial charge in [-0.25, -0.2) is 0 Å². The molecule has 0 spiro atoms. The van der Waals surface area contributed by atoms with Crippen molar-refractivity contribution in [1.82, 2.24) is 5.48 Å². The molecule has 1 saturated carbocycles. The highest BCUT2D eigenvalue weighted by Gasteiger charge is 2.24. The number of halogens is 1. The first kappa shape index (κ1) is 11.7. The number of fused-ring (bicyclic) bond motifs is 1. The van der Waals surface area contributed by atoms with E-state index in [2.05, 4.69) is 39.6 Å². The second-order valence-electron chi connectivity index (χ2n) is 5.08. The van der Waals surface area contributed by atoms with Crippen LogP contribution in [0.3, 0.4) is 0 Å². The third-order valence-corrected chi connectivity index (χ3v) is 4.36. The maximum Gasteiger partial charge on any atom is 0.0790 e. The molecule has 1 aromatic rings. The topological polar surface area (TPSA) is 21.3 Å². The molecular weight excluding hydrogens is 278 g/mol. The van der Waals surface area contributed by atoms with Gasteiger partial charge in [0.15, 0.2) is 0 Å². The van der Waals surface area contributed by atoms with E-state index >= 15 is 0 Å². The standard InChI is InChI=1S/C14H18BrNO/c15-11-6-7-13-10(9-11)5-8-14(13)16-17-12-3-1-2-4-12/h6-7,9,12,14,16H,1-5,8H2. The molecule has 2 aliphatic carbocycles. The number of hydroxylamine groups is 1. The van der Waals surface area contributed by atoms with Gasteiger partial charge >= 0.3 is 0 Å². The van der Waals surface area contributed by atoms with Crippen molar-refractivity contribution in [3.63, 3.8) is 0 Å². The van der Waals surface area contributed by atoms with Gasteiger partial charge in [0.05, 0.1) is 12.1 Å². The van der Waals surface area contributed by atoms with Gasteiger partial charge in [-0.15, -0.1) is 0 Å². The van der Waals surface area contributed by atoms with Gasteiger partial charge in [-0.1, -0.05) is 34.8 Å². The van der Waals surface area contributed by atoms with Crippen LogP contribution in [0.4, 0.5) is 0 Å². The Morgan fingerprint density at radius 1 is 1.18 bits per heavy atom. The highest BCUT2D eigenvalue weighted by molar-refractivity contribution is 9.10. The zero-order valence-electron chi connectivity index (χ0n) is 9.92. The summed E-state index contributed by atoms with van der Waals surface area (Å²) < 4.78 is 1.17. The predicted molar refractivity (Wildman–Crippen MR) is 71.7 cm³/mol. The maximum atomic E-state index is 5.81. The second-order valence-corrected chi connectivity index (χ2v) is 5.99. The van der Waals surface area contributed by atoms with Crippen LogP contribution in [-0.2, 0) is 11.3 Å². The molecule has 3 heteroatoms. The quantitative estimate of drug-likeness (QED) is 0.854. The lowest BCUT2D eigenvalue weighted by Gasteiger charge is -2.17. The van der Waals surface area contributed by atoms with Gasteiger partial charge < -0.3 is 0 Å². The molecule has 92 valence electrons. The molecule has 1 unspecified atom stereocenters. The normalized spacial score (nSPS) is 24.2. The Bertz CT molecular complexity index is 401. The molecule has 0 aromatic heterocycles. The monoisotopic (exact) mass is 295 g/mol. The van der Waals surface area contributed by atoms with E-state index in [-0.39, 0.29) is 0 Å². The van der Waals surface area contributed by atoms with Crippen LogP contribution < -0.4 is 5.48 Å². The minimum absolute atomic E-state index is 0.388. The van der Waals surface area contributed by atoms with Gasteiger partial charge in [-0.3, -0.25) is 4.84 Å². The predicted octanol–water partition coefficient (Wildman–Crippen LogP) is 3.90. The fourth-order valence-corrected chi connectivity index (χ4v) is 3.30. The molecule has 0 saturated heterocycles. The van der Waals surface area contributed by atoms with Crippen LogP contribution in [0, 0.1) is 0 Å². The molecule has 0 heterocycles. The first-order chi connectivity index (χ1) is 8.33. The number of rotatable bonds is 3. The van der Waals surface area contributed by atoms with E-state index in [1.54, 1.807) is 0 Å². The van der Waals surface area contributed by atoms with E-state index in [1.807, 2.05) is 0 Å². The van der Waals surface area contributed by atoms with Crippen molar-refractivity contribution in [2.75, 3.05) is 0 Å². The van der Waals surface area contributed by atoms with Crippen molar-refractivity contribution in [3.8, 4) is 0 Å². The fraction of sp³-hybridized carbons (Fsp3) is 0.571. The SMILES string of the molecule is Brc1ccc2c(c1)CCC2NOC1CCCC1. The molecule has 1 atom stereocenters. The second kappa shape index (κ2) is 5.09. The van der Waals surface area contributed by atoms with Crippen molar-refractivity contribution in [2.24, 2.45) is 0 Å². The number of hydrogen-bond acceptors (Lipinski definition) is 2. The molecular formula is C14H18BrNO. The maximum absolute atomic E-state index is 5.81. The Morgan fingerprint density at radius 2 is 2.00 bits per heavy atom. The van der Waals surface area contributed by atoms with Crippen LogP contribution in [-0.4, -0.2) is 6.10 Å². The first-order valence-electron chi connectivity index (χ1n) is 6.52. The van der Waals surface area contributed by atoms with Crippen LogP contribution in [0.2, 0.25) is 0 Å². The summed E-state index contributed by atoms with van der Waals surface area (Å²) >= 11 is 3.53. The molecule has 2 aliphatic rings. The van der Waals surface area contributed by atoms with E-state index in [1.165, 1.54) is 41.3 Å². The van der Waals surface area contributed by atoms with Gasteiger partial charge in [0.1, 0.15) is 0 Å². The average molecular weight is 296 g/mol. The zero-order chi connectivity index (χ0) is 11.7. The molecule has 17 heavy (non-hydrogen) atoms. The van der Waals surface area contributed by atoms with Crippen molar-refractivity contribution in [2.45, 2.75) is 50.7 Å². The summed E-state index contributed by atoms with van der Waals surface area (Å²) in [7, 11) is 0. The zero-order valence-corrected chi connectivity index (χ0v) is 11.5. The smallest absolute Gasteiger partial charge is 0.0790 e. The third-order valence-electron chi connectivity index (χ3n) is 3.86. The summed E-state index contributed by atoms with van der Waals surface area (Å²) in [5.41, 5.74) is 6.14. The van der Waals surface area contributed by atoms with E-state index in [4.69, 9.17) is 4.84 Å². The summed E-state index contributed by atoms with van der Waals surface area (Å²) in [4.78, 5) is 5.81. The Balaban J connectivity index is 1.63. The van der Waals surface area contributed by atoms with Crippen LogP contribution in [0.5, 0.6) is 0 Å². The van der Waals surface area contributed by atoms with Gasteiger partial charge in [-0.05, 0) is 48.9 Å². The number of aryl methyl sites for hydroxylation is 1. The average Bonchev–Trinajstić information content (AvgIpc) is 2.94. The fourth-order valence-electron chi connectivity index (χ4n) is 2.89. The van der Waals surface area contributed by atoms with Gasteiger partial charge in [0.25, 0.3) is 0 Å².